The van der Waals surface area contributed by atoms with Crippen molar-refractivity contribution in [2.24, 2.45) is 9.98 Å². The molecule has 0 bridgehead atoms. The minimum atomic E-state index is -0.484. The number of aliphatic imine (C=N–C) groups is 2. The predicted molar refractivity (Wildman–Crippen MR) is 288 cm³/mol. The summed E-state index contributed by atoms with van der Waals surface area (Å²) in [5, 5.41) is 7.33. The number of aromatic nitrogens is 1. The summed E-state index contributed by atoms with van der Waals surface area (Å²) in [5.74, 6) is 0.786. The van der Waals surface area contributed by atoms with E-state index in [9.17, 15) is 0 Å². The van der Waals surface area contributed by atoms with Crippen LogP contribution in [0.1, 0.15) is 78.6 Å². The van der Waals surface area contributed by atoms with Crippen LogP contribution in [0.25, 0.3) is 71.3 Å². The van der Waals surface area contributed by atoms with Crippen LogP contribution in [0.2, 0.25) is 0 Å². The van der Waals surface area contributed by atoms with Gasteiger partial charge in [-0.2, -0.15) is 0 Å². The SMILES string of the molecule is CC.CC(C=NC(=NC(C)c1cccc2ccccc12)c1cccc2ccccc12)c1ccc(-c2ccc3c(c2)C2(c4ccccc4-c4ccccc42)c2cccc4c5ccccc5n-3c24)cc1. The van der Waals surface area contributed by atoms with Crippen molar-refractivity contribution in [3.63, 3.8) is 0 Å². The lowest BCUT2D eigenvalue weighted by Crippen LogP contribution is -2.33. The highest BCUT2D eigenvalue weighted by Crippen LogP contribution is 2.61. The van der Waals surface area contributed by atoms with Gasteiger partial charge in [0.15, 0.2) is 5.84 Å². The average Bonchev–Trinajstić information content (AvgIpc) is 3.90. The number of rotatable bonds is 6. The molecule has 3 nitrogen and oxygen atoms in total. The van der Waals surface area contributed by atoms with Gasteiger partial charge in [0, 0.05) is 28.5 Å². The molecule has 1 spiro atoms. The largest absolute Gasteiger partial charge is 0.309 e. The Balaban J connectivity index is 0.00000237. The Hall–Kier alpha value is -8.14. The summed E-state index contributed by atoms with van der Waals surface area (Å²) in [6, 6.07) is 80.1. The standard InChI is InChI=1S/C63H45N3.C2H6/c1-40(39-64-62(54-27-14-19-45-17-4-6-21-49(45)54)65-41(2)47-25-13-18-44-16-3-5-20-48(44)47)42-32-34-43(35-33-42)46-36-37-60-58(38-46)63(55-28-10-7-22-50(55)51-23-8-11-29-56(51)63)57-30-15-26-53-52-24-9-12-31-59(52)66(60)61(53)57;1-2/h3-41H,1-2H3;1-2H3. The maximum atomic E-state index is 5.39. The number of benzene rings is 10. The fourth-order valence-corrected chi connectivity index (χ4v) is 11.5. The Morgan fingerprint density at radius 1 is 0.485 bits per heavy atom. The van der Waals surface area contributed by atoms with E-state index in [-0.39, 0.29) is 12.0 Å². The summed E-state index contributed by atoms with van der Waals surface area (Å²) in [6.45, 7) is 8.40. The van der Waals surface area contributed by atoms with Gasteiger partial charge < -0.3 is 4.57 Å². The second-order valence-electron chi connectivity index (χ2n) is 18.0. The van der Waals surface area contributed by atoms with Crippen molar-refractivity contribution < 1.29 is 0 Å². The maximum Gasteiger partial charge on any atom is 0.155 e. The van der Waals surface area contributed by atoms with Crippen LogP contribution in [-0.4, -0.2) is 16.6 Å². The first-order valence-corrected chi connectivity index (χ1v) is 24.1. The van der Waals surface area contributed by atoms with Gasteiger partial charge in [0.1, 0.15) is 0 Å². The Labute approximate surface area is 398 Å². The topological polar surface area (TPSA) is 29.6 Å². The fraction of sp³-hybridized carbons (Fsp3) is 0.108. The van der Waals surface area contributed by atoms with Crippen molar-refractivity contribution >= 4 is 55.4 Å². The third-order valence-corrected chi connectivity index (χ3v) is 14.5. The predicted octanol–water partition coefficient (Wildman–Crippen LogP) is 16.8. The average molecular weight is 874 g/mol. The molecule has 2 unspecified atom stereocenters. The molecule has 2 aliphatic rings. The van der Waals surface area contributed by atoms with E-state index in [0.717, 1.165) is 16.8 Å². The molecule has 68 heavy (non-hydrogen) atoms. The van der Waals surface area contributed by atoms with E-state index in [2.05, 4.69) is 243 Å². The van der Waals surface area contributed by atoms with Gasteiger partial charge in [-0.1, -0.05) is 221 Å². The van der Waals surface area contributed by atoms with Crippen LogP contribution in [0, 0.1) is 0 Å². The second-order valence-corrected chi connectivity index (χ2v) is 18.0. The number of nitrogens with zero attached hydrogens (tertiary/aromatic N) is 3. The number of fused-ring (bicyclic) bond motifs is 14. The lowest BCUT2D eigenvalue weighted by atomic mass is 9.65. The van der Waals surface area contributed by atoms with E-state index in [4.69, 9.17) is 9.98 Å². The molecule has 0 fully saturated rings. The van der Waals surface area contributed by atoms with Crippen LogP contribution in [0.15, 0.2) is 228 Å². The van der Waals surface area contributed by atoms with Crippen LogP contribution in [0.5, 0.6) is 0 Å². The lowest BCUT2D eigenvalue weighted by Gasteiger charge is -2.40. The number of hydrogen-bond donors (Lipinski definition) is 0. The normalized spacial score (nSPS) is 14.2. The first kappa shape index (κ1) is 41.3. The van der Waals surface area contributed by atoms with Gasteiger partial charge in [0.25, 0.3) is 0 Å². The highest BCUT2D eigenvalue weighted by atomic mass is 15.0. The van der Waals surface area contributed by atoms with Crippen LogP contribution in [0.4, 0.5) is 0 Å². The van der Waals surface area contributed by atoms with Gasteiger partial charge >= 0.3 is 0 Å². The number of hydrogen-bond acceptors (Lipinski definition) is 1. The molecule has 2 heterocycles. The summed E-state index contributed by atoms with van der Waals surface area (Å²) in [4.78, 5) is 10.6. The minimum Gasteiger partial charge on any atom is -0.309 e. The summed E-state index contributed by atoms with van der Waals surface area (Å²) in [6.07, 6.45) is 2.07. The number of amidine groups is 1. The quantitative estimate of drug-likeness (QED) is 0.118. The third-order valence-electron chi connectivity index (χ3n) is 14.5. The Morgan fingerprint density at radius 3 is 1.79 bits per heavy atom. The van der Waals surface area contributed by atoms with Crippen molar-refractivity contribution in [2.75, 3.05) is 0 Å². The van der Waals surface area contributed by atoms with Gasteiger partial charge in [-0.3, -0.25) is 4.99 Å². The van der Waals surface area contributed by atoms with Crippen molar-refractivity contribution in [3.05, 3.63) is 257 Å². The van der Waals surface area contributed by atoms with Gasteiger partial charge in [-0.05, 0) is 102 Å². The molecule has 0 amide bonds. The fourth-order valence-electron chi connectivity index (χ4n) is 11.5. The Kier molecular flexibility index (Phi) is 10.1. The summed E-state index contributed by atoms with van der Waals surface area (Å²) < 4.78 is 2.52. The molecule has 10 aromatic carbocycles. The molecule has 326 valence electrons. The van der Waals surface area contributed by atoms with E-state index in [1.807, 2.05) is 13.8 Å². The van der Waals surface area contributed by atoms with Crippen molar-refractivity contribution in [3.8, 4) is 27.9 Å². The van der Waals surface area contributed by atoms with E-state index < -0.39 is 5.41 Å². The van der Waals surface area contributed by atoms with Crippen molar-refractivity contribution in [1.29, 1.82) is 0 Å². The molecule has 2 atom stereocenters. The van der Waals surface area contributed by atoms with Crippen molar-refractivity contribution in [1.82, 2.24) is 4.57 Å². The highest BCUT2D eigenvalue weighted by molar-refractivity contribution is 6.14. The molecular weight excluding hydrogens is 823 g/mol. The molecule has 1 aromatic heterocycles. The molecular formula is C65H51N3. The van der Waals surface area contributed by atoms with E-state index in [1.54, 1.807) is 0 Å². The van der Waals surface area contributed by atoms with Gasteiger partial charge in [0.05, 0.1) is 28.2 Å². The smallest absolute Gasteiger partial charge is 0.155 e. The molecule has 0 saturated heterocycles. The monoisotopic (exact) mass is 873 g/mol. The van der Waals surface area contributed by atoms with Gasteiger partial charge in [-0.15, -0.1) is 0 Å². The molecule has 11 aromatic rings. The summed E-state index contributed by atoms with van der Waals surface area (Å²) in [5.41, 5.74) is 17.0. The Morgan fingerprint density at radius 2 is 1.04 bits per heavy atom. The van der Waals surface area contributed by atoms with Crippen molar-refractivity contribution in [2.45, 2.75) is 45.1 Å². The zero-order valence-corrected chi connectivity index (χ0v) is 38.9. The summed E-state index contributed by atoms with van der Waals surface area (Å²) in [7, 11) is 0. The van der Waals surface area contributed by atoms with Crippen LogP contribution in [-0.2, 0) is 5.41 Å². The van der Waals surface area contributed by atoms with Gasteiger partial charge in [0.2, 0.25) is 0 Å². The number of para-hydroxylation sites is 2. The maximum absolute atomic E-state index is 5.39. The van der Waals surface area contributed by atoms with Crippen LogP contribution < -0.4 is 0 Å². The zero-order chi connectivity index (χ0) is 45.9. The van der Waals surface area contributed by atoms with Crippen LogP contribution >= 0.6 is 0 Å². The molecule has 0 N–H and O–H groups in total. The molecule has 0 radical (unpaired) electrons. The van der Waals surface area contributed by atoms with E-state index in [0.29, 0.717) is 0 Å². The second kappa shape index (κ2) is 16.6. The highest BCUT2D eigenvalue weighted by Gasteiger charge is 2.50. The van der Waals surface area contributed by atoms with Crippen LogP contribution in [0.3, 0.4) is 0 Å². The van der Waals surface area contributed by atoms with Gasteiger partial charge in [-0.25, -0.2) is 4.99 Å². The first-order chi connectivity index (χ1) is 33.6. The lowest BCUT2D eigenvalue weighted by molar-refractivity contribution is 0.749. The first-order valence-electron chi connectivity index (χ1n) is 24.1. The molecule has 1 aliphatic heterocycles. The molecule has 13 rings (SSSR count). The van der Waals surface area contributed by atoms with E-state index in [1.165, 1.54) is 99.3 Å². The van der Waals surface area contributed by atoms with E-state index >= 15 is 0 Å². The molecule has 1 aliphatic carbocycles. The molecule has 3 heteroatoms. The zero-order valence-electron chi connectivity index (χ0n) is 38.9. The Bertz CT molecular complexity index is 3750. The summed E-state index contributed by atoms with van der Waals surface area (Å²) >= 11 is 0. The molecule has 0 saturated carbocycles. The third kappa shape index (κ3) is 6.26. The minimum absolute atomic E-state index is 0.0475.